The molecule has 1 amide bonds. The number of halogens is 1. The second-order valence-electron chi connectivity index (χ2n) is 4.92. The van der Waals surface area contributed by atoms with Crippen molar-refractivity contribution in [3.05, 3.63) is 53.2 Å². The van der Waals surface area contributed by atoms with Crippen LogP contribution in [0.4, 0.5) is 5.82 Å². The van der Waals surface area contributed by atoms with Gasteiger partial charge in [-0.1, -0.05) is 23.7 Å². The largest absolute Gasteiger partial charge is 0.367 e. The number of nitrogens with zero attached hydrogens (tertiary/aromatic N) is 2. The Morgan fingerprint density at radius 1 is 1.33 bits per heavy atom. The van der Waals surface area contributed by atoms with Gasteiger partial charge >= 0.3 is 0 Å². The van der Waals surface area contributed by atoms with E-state index in [2.05, 4.69) is 21.7 Å². The van der Waals surface area contributed by atoms with Crippen LogP contribution in [0.15, 0.2) is 47.5 Å². The lowest BCUT2D eigenvalue weighted by Gasteiger charge is -2.13. The number of carbonyl (C=O) groups is 1. The van der Waals surface area contributed by atoms with E-state index in [4.69, 9.17) is 16.9 Å². The summed E-state index contributed by atoms with van der Waals surface area (Å²) in [7, 11) is 0. The first-order valence-corrected chi connectivity index (χ1v) is 8.65. The molecule has 0 bridgehead atoms. The average Bonchev–Trinajstić information content (AvgIpc) is 2.60. The van der Waals surface area contributed by atoms with Gasteiger partial charge in [0.05, 0.1) is 15.8 Å². The number of rotatable bonds is 7. The van der Waals surface area contributed by atoms with Gasteiger partial charge in [0.25, 0.3) is 0 Å². The van der Waals surface area contributed by atoms with Gasteiger partial charge in [-0.3, -0.25) is 4.79 Å². The summed E-state index contributed by atoms with van der Waals surface area (Å²) in [4.78, 5) is 17.1. The number of nitrogens with one attached hydrogen (secondary N) is 2. The number of nitriles is 1. The van der Waals surface area contributed by atoms with Crippen LogP contribution in [0, 0.1) is 11.3 Å². The summed E-state index contributed by atoms with van der Waals surface area (Å²) >= 11 is 7.52. The number of thioether (sulfide) groups is 1. The van der Waals surface area contributed by atoms with Gasteiger partial charge in [0, 0.05) is 24.2 Å². The van der Waals surface area contributed by atoms with Crippen molar-refractivity contribution in [1.82, 2.24) is 10.3 Å². The number of amides is 1. The Hall–Kier alpha value is -2.23. The topological polar surface area (TPSA) is 77.8 Å². The van der Waals surface area contributed by atoms with Crippen molar-refractivity contribution in [3.8, 4) is 6.07 Å². The zero-order valence-corrected chi connectivity index (χ0v) is 14.7. The van der Waals surface area contributed by atoms with Crippen molar-refractivity contribution in [2.45, 2.75) is 17.1 Å². The Labute approximate surface area is 150 Å². The van der Waals surface area contributed by atoms with Crippen LogP contribution in [0.1, 0.15) is 12.5 Å². The van der Waals surface area contributed by atoms with E-state index in [9.17, 15) is 4.79 Å². The first kappa shape index (κ1) is 18.1. The molecule has 0 radical (unpaired) electrons. The monoisotopic (exact) mass is 360 g/mol. The molecule has 0 aliphatic heterocycles. The fourth-order valence-electron chi connectivity index (χ4n) is 1.93. The molecule has 0 saturated carbocycles. The summed E-state index contributed by atoms with van der Waals surface area (Å²) in [6.45, 7) is 2.76. The Bertz CT molecular complexity index is 747. The van der Waals surface area contributed by atoms with Crippen LogP contribution < -0.4 is 10.6 Å². The lowest BCUT2D eigenvalue weighted by atomic mass is 10.3. The maximum absolute atomic E-state index is 12.1. The molecule has 0 aliphatic rings. The van der Waals surface area contributed by atoms with Crippen molar-refractivity contribution in [2.75, 3.05) is 18.4 Å². The lowest BCUT2D eigenvalue weighted by molar-refractivity contribution is -0.120. The molecule has 2 rings (SSSR count). The molecule has 2 N–H and O–H groups in total. The predicted molar refractivity (Wildman–Crippen MR) is 97.2 cm³/mol. The SMILES string of the molecule is CC(Sc1ccccc1Cl)C(=O)NCCNc1ncccc1C#N. The number of aromatic nitrogens is 1. The van der Waals surface area contributed by atoms with Crippen LogP contribution in [0.5, 0.6) is 0 Å². The summed E-state index contributed by atoms with van der Waals surface area (Å²) in [5.74, 6) is 0.455. The molecule has 0 saturated heterocycles. The number of pyridine rings is 1. The zero-order chi connectivity index (χ0) is 17.4. The van der Waals surface area contributed by atoms with E-state index in [1.54, 1.807) is 24.4 Å². The van der Waals surface area contributed by atoms with Crippen LogP contribution in [0.3, 0.4) is 0 Å². The number of anilines is 1. The van der Waals surface area contributed by atoms with Gasteiger partial charge in [0.2, 0.25) is 5.91 Å². The molecule has 1 unspecified atom stereocenters. The molecular weight excluding hydrogens is 344 g/mol. The van der Waals surface area contributed by atoms with Gasteiger partial charge in [0.1, 0.15) is 11.9 Å². The lowest BCUT2D eigenvalue weighted by Crippen LogP contribution is -2.34. The number of benzene rings is 1. The maximum atomic E-state index is 12.1. The van der Waals surface area contributed by atoms with E-state index in [0.717, 1.165) is 4.90 Å². The van der Waals surface area contributed by atoms with Crippen LogP contribution in [0.25, 0.3) is 0 Å². The smallest absolute Gasteiger partial charge is 0.233 e. The van der Waals surface area contributed by atoms with Crippen molar-refractivity contribution in [1.29, 1.82) is 5.26 Å². The van der Waals surface area contributed by atoms with Crippen molar-refractivity contribution in [2.24, 2.45) is 0 Å². The second kappa shape index (κ2) is 9.16. The van der Waals surface area contributed by atoms with E-state index in [1.807, 2.05) is 25.1 Å². The van der Waals surface area contributed by atoms with E-state index in [0.29, 0.717) is 29.5 Å². The van der Waals surface area contributed by atoms with Crippen molar-refractivity contribution >= 4 is 35.1 Å². The maximum Gasteiger partial charge on any atom is 0.233 e. The average molecular weight is 361 g/mol. The molecule has 1 aromatic carbocycles. The number of hydrogen-bond acceptors (Lipinski definition) is 5. The fraction of sp³-hybridized carbons (Fsp3) is 0.235. The Morgan fingerprint density at radius 3 is 2.88 bits per heavy atom. The second-order valence-corrected chi connectivity index (χ2v) is 6.71. The number of carbonyl (C=O) groups excluding carboxylic acids is 1. The van der Waals surface area contributed by atoms with Crippen LogP contribution >= 0.6 is 23.4 Å². The molecule has 7 heteroatoms. The summed E-state index contributed by atoms with van der Waals surface area (Å²) in [5.41, 5.74) is 0.478. The van der Waals surface area contributed by atoms with Crippen molar-refractivity contribution < 1.29 is 4.79 Å². The highest BCUT2D eigenvalue weighted by Crippen LogP contribution is 2.29. The standard InChI is InChI=1S/C17H17ClN4OS/c1-12(24-15-7-3-2-6-14(15)18)17(23)22-10-9-21-16-13(11-19)5-4-8-20-16/h2-8,12H,9-10H2,1H3,(H,20,21)(H,22,23). The number of hydrogen-bond donors (Lipinski definition) is 2. The summed E-state index contributed by atoms with van der Waals surface area (Å²) in [6.07, 6.45) is 1.62. The molecule has 0 aliphatic carbocycles. The highest BCUT2D eigenvalue weighted by atomic mass is 35.5. The zero-order valence-electron chi connectivity index (χ0n) is 13.1. The van der Waals surface area contributed by atoms with E-state index >= 15 is 0 Å². The first-order valence-electron chi connectivity index (χ1n) is 7.39. The Balaban J connectivity index is 1.77. The molecule has 124 valence electrons. The van der Waals surface area contributed by atoms with Gasteiger partial charge in [-0.05, 0) is 31.2 Å². The third-order valence-corrected chi connectivity index (χ3v) is 4.77. The molecule has 0 fully saturated rings. The molecule has 1 atom stereocenters. The van der Waals surface area contributed by atoms with E-state index in [1.165, 1.54) is 11.8 Å². The molecule has 0 spiro atoms. The minimum atomic E-state index is -0.255. The summed E-state index contributed by atoms with van der Waals surface area (Å²) in [5, 5.41) is 15.3. The molecule has 2 aromatic rings. The summed E-state index contributed by atoms with van der Waals surface area (Å²) < 4.78 is 0. The fourth-order valence-corrected chi connectivity index (χ4v) is 3.11. The van der Waals surface area contributed by atoms with Gasteiger partial charge in [-0.15, -0.1) is 11.8 Å². The highest BCUT2D eigenvalue weighted by molar-refractivity contribution is 8.00. The quantitative estimate of drug-likeness (QED) is 0.585. The van der Waals surface area contributed by atoms with Gasteiger partial charge < -0.3 is 10.6 Å². The van der Waals surface area contributed by atoms with Crippen LogP contribution in [-0.4, -0.2) is 29.2 Å². The summed E-state index contributed by atoms with van der Waals surface area (Å²) in [6, 6.07) is 12.9. The van der Waals surface area contributed by atoms with Gasteiger partial charge in [-0.25, -0.2) is 4.98 Å². The molecular formula is C17H17ClN4OS. The Morgan fingerprint density at radius 2 is 2.12 bits per heavy atom. The molecule has 5 nitrogen and oxygen atoms in total. The minimum Gasteiger partial charge on any atom is -0.367 e. The first-order chi connectivity index (χ1) is 11.6. The third kappa shape index (κ3) is 5.15. The predicted octanol–water partition coefficient (Wildman–Crippen LogP) is 3.32. The van der Waals surface area contributed by atoms with Gasteiger partial charge in [0.15, 0.2) is 0 Å². The Kier molecular flexibility index (Phi) is 6.91. The van der Waals surface area contributed by atoms with E-state index < -0.39 is 0 Å². The van der Waals surface area contributed by atoms with Crippen LogP contribution in [0.2, 0.25) is 5.02 Å². The minimum absolute atomic E-state index is 0.0664. The van der Waals surface area contributed by atoms with E-state index in [-0.39, 0.29) is 11.2 Å². The molecule has 1 aromatic heterocycles. The van der Waals surface area contributed by atoms with Crippen molar-refractivity contribution in [3.63, 3.8) is 0 Å². The van der Waals surface area contributed by atoms with Crippen LogP contribution in [-0.2, 0) is 4.79 Å². The normalized spacial score (nSPS) is 11.4. The van der Waals surface area contributed by atoms with Gasteiger partial charge in [-0.2, -0.15) is 5.26 Å². The molecule has 24 heavy (non-hydrogen) atoms. The third-order valence-electron chi connectivity index (χ3n) is 3.15. The molecule has 1 heterocycles. The highest BCUT2D eigenvalue weighted by Gasteiger charge is 2.15.